The average Bonchev–Trinajstić information content (AvgIpc) is 2.86. The number of likely N-dealkylation sites (tertiary alicyclic amines) is 2. The number of hydrogen-bond acceptors (Lipinski definition) is 4. The van der Waals surface area contributed by atoms with E-state index in [1.165, 1.54) is 12.0 Å². The lowest BCUT2D eigenvalue weighted by Gasteiger charge is -2.49. The van der Waals surface area contributed by atoms with Crippen molar-refractivity contribution in [1.29, 1.82) is 0 Å². The largest absolute Gasteiger partial charge is 0.337 e. The fourth-order valence-corrected chi connectivity index (χ4v) is 6.04. The third kappa shape index (κ3) is 5.22. The molecule has 2 saturated heterocycles. The Hall–Kier alpha value is -2.50. The van der Waals surface area contributed by atoms with E-state index in [1.54, 1.807) is 6.20 Å². The van der Waals surface area contributed by atoms with Gasteiger partial charge < -0.3 is 4.90 Å². The van der Waals surface area contributed by atoms with Gasteiger partial charge in [-0.3, -0.25) is 9.69 Å². The maximum Gasteiger partial charge on any atom is 0.272 e. The first-order chi connectivity index (χ1) is 16.8. The van der Waals surface area contributed by atoms with Gasteiger partial charge in [0.1, 0.15) is 5.69 Å². The highest BCUT2D eigenvalue weighted by Gasteiger charge is 2.39. The first-order valence-corrected chi connectivity index (χ1v) is 13.2. The van der Waals surface area contributed by atoms with Crippen molar-refractivity contribution in [2.45, 2.75) is 52.5 Å². The molecule has 0 N–H and O–H groups in total. The molecule has 5 rings (SSSR count). The van der Waals surface area contributed by atoms with Gasteiger partial charge in [0, 0.05) is 42.3 Å². The lowest BCUT2D eigenvalue weighted by atomic mass is 9.70. The number of aryl methyl sites for hydroxylation is 1. The number of pyridine rings is 2. The number of piperidine rings is 2. The van der Waals surface area contributed by atoms with Gasteiger partial charge in [0.25, 0.3) is 5.91 Å². The number of carbonyl (C=O) groups is 1. The minimum absolute atomic E-state index is 0.0216. The van der Waals surface area contributed by atoms with Crippen LogP contribution >= 0.6 is 11.6 Å². The molecular weight excluding hydrogens is 456 g/mol. The van der Waals surface area contributed by atoms with E-state index >= 15 is 0 Å². The summed E-state index contributed by atoms with van der Waals surface area (Å²) in [5, 5.41) is 1.81. The average molecular weight is 491 g/mol. The zero-order valence-electron chi connectivity index (χ0n) is 21.0. The number of fused-ring (bicyclic) bond motifs is 1. The molecular formula is C29H35ClN4O. The van der Waals surface area contributed by atoms with Gasteiger partial charge in [0.15, 0.2) is 5.65 Å². The molecule has 35 heavy (non-hydrogen) atoms. The fourth-order valence-electron chi connectivity index (χ4n) is 5.92. The van der Waals surface area contributed by atoms with Crippen LogP contribution in [0.1, 0.15) is 54.7 Å². The van der Waals surface area contributed by atoms with Crippen LogP contribution in [0.5, 0.6) is 0 Å². The first kappa shape index (κ1) is 24.2. The van der Waals surface area contributed by atoms with Crippen LogP contribution in [0.4, 0.5) is 0 Å². The highest BCUT2D eigenvalue weighted by atomic mass is 35.5. The van der Waals surface area contributed by atoms with Crippen LogP contribution in [-0.4, -0.2) is 57.9 Å². The van der Waals surface area contributed by atoms with Crippen LogP contribution < -0.4 is 0 Å². The topological polar surface area (TPSA) is 49.3 Å². The molecule has 0 saturated carbocycles. The molecule has 0 radical (unpaired) electrons. The summed E-state index contributed by atoms with van der Waals surface area (Å²) in [6, 6.07) is 14.6. The number of rotatable bonds is 4. The minimum Gasteiger partial charge on any atom is -0.337 e. The van der Waals surface area contributed by atoms with Gasteiger partial charge >= 0.3 is 0 Å². The van der Waals surface area contributed by atoms with E-state index in [4.69, 9.17) is 11.6 Å². The van der Waals surface area contributed by atoms with Gasteiger partial charge in [-0.15, -0.1) is 0 Å². The van der Waals surface area contributed by atoms with Crippen molar-refractivity contribution in [3.63, 3.8) is 0 Å². The van der Waals surface area contributed by atoms with Gasteiger partial charge in [0.05, 0.1) is 0 Å². The van der Waals surface area contributed by atoms with Crippen molar-refractivity contribution in [2.75, 3.05) is 26.2 Å². The van der Waals surface area contributed by atoms with Crippen molar-refractivity contribution >= 4 is 28.5 Å². The number of nitrogens with zero attached hydrogens (tertiary/aromatic N) is 4. The monoisotopic (exact) mass is 490 g/mol. The summed E-state index contributed by atoms with van der Waals surface area (Å²) in [6.45, 7) is 10.8. The summed E-state index contributed by atoms with van der Waals surface area (Å²) in [5.41, 5.74) is 3.93. The lowest BCUT2D eigenvalue weighted by molar-refractivity contribution is 0.00803. The van der Waals surface area contributed by atoms with Crippen LogP contribution in [0.2, 0.25) is 5.02 Å². The molecule has 0 spiro atoms. The Bertz CT molecular complexity index is 1220. The molecule has 2 aliphatic rings. The van der Waals surface area contributed by atoms with Gasteiger partial charge in [-0.2, -0.15) is 0 Å². The molecule has 4 heterocycles. The molecule has 0 bridgehead atoms. The molecule has 1 aromatic carbocycles. The van der Waals surface area contributed by atoms with Crippen molar-refractivity contribution in [3.05, 3.63) is 70.5 Å². The Labute approximate surface area is 213 Å². The Kier molecular flexibility index (Phi) is 6.82. The van der Waals surface area contributed by atoms with Crippen molar-refractivity contribution in [1.82, 2.24) is 19.8 Å². The van der Waals surface area contributed by atoms with E-state index in [9.17, 15) is 4.79 Å². The Morgan fingerprint density at radius 2 is 1.89 bits per heavy atom. The van der Waals surface area contributed by atoms with Gasteiger partial charge in [-0.05, 0) is 91.9 Å². The number of benzene rings is 1. The Morgan fingerprint density at radius 3 is 2.63 bits per heavy atom. The second-order valence-corrected chi connectivity index (χ2v) is 11.4. The summed E-state index contributed by atoms with van der Waals surface area (Å²) >= 11 is 6.23. The second kappa shape index (κ2) is 9.87. The first-order valence-electron chi connectivity index (χ1n) is 12.8. The summed E-state index contributed by atoms with van der Waals surface area (Å²) in [4.78, 5) is 26.6. The van der Waals surface area contributed by atoms with E-state index in [1.807, 2.05) is 35.2 Å². The lowest BCUT2D eigenvalue weighted by Crippen LogP contribution is -2.53. The summed E-state index contributed by atoms with van der Waals surface area (Å²) in [6.07, 6.45) is 6.08. The third-order valence-corrected chi connectivity index (χ3v) is 8.56. The molecule has 1 atom stereocenters. The zero-order chi connectivity index (χ0) is 24.6. The van der Waals surface area contributed by atoms with Crippen LogP contribution in [0.15, 0.2) is 48.7 Å². The standard InChI is InChI=1S/C29H35ClN4O/c1-20-17-21(6-8-25(20)30)18-23-10-14-34(19-29(23,2)3)24-11-15-33(16-12-24)28(35)26-9-7-22-5-4-13-31-27(22)32-26/h4-9,13,17,23-24H,10-12,14-16,18-19H2,1-3H3. The molecule has 1 amide bonds. The molecule has 2 aliphatic heterocycles. The molecule has 184 valence electrons. The molecule has 3 aromatic rings. The van der Waals surface area contributed by atoms with Gasteiger partial charge in [-0.1, -0.05) is 37.6 Å². The quantitative estimate of drug-likeness (QED) is 0.464. The SMILES string of the molecule is Cc1cc(CC2CCN(C3CCN(C(=O)c4ccc5cccnc5n4)CC3)CC2(C)C)ccc1Cl. The Balaban J connectivity index is 1.17. The van der Waals surface area contributed by atoms with Crippen LogP contribution in [0.3, 0.4) is 0 Å². The smallest absolute Gasteiger partial charge is 0.272 e. The molecule has 5 nitrogen and oxygen atoms in total. The second-order valence-electron chi connectivity index (χ2n) is 11.0. The molecule has 2 aromatic heterocycles. The third-order valence-electron chi connectivity index (χ3n) is 8.14. The number of aromatic nitrogens is 2. The maximum absolute atomic E-state index is 13.1. The van der Waals surface area contributed by atoms with E-state index in [-0.39, 0.29) is 11.3 Å². The normalized spacial score (nSPS) is 21.4. The Morgan fingerprint density at radius 1 is 1.09 bits per heavy atom. The predicted octanol–water partition coefficient (Wildman–Crippen LogP) is 5.79. The van der Waals surface area contributed by atoms with Gasteiger partial charge in [-0.25, -0.2) is 9.97 Å². The summed E-state index contributed by atoms with van der Waals surface area (Å²) in [5.74, 6) is 0.682. The number of hydrogen-bond donors (Lipinski definition) is 0. The maximum atomic E-state index is 13.1. The van der Waals surface area contributed by atoms with E-state index in [0.29, 0.717) is 23.3 Å². The van der Waals surface area contributed by atoms with Crippen molar-refractivity contribution in [3.8, 4) is 0 Å². The van der Waals surface area contributed by atoms with Crippen LogP contribution in [0, 0.1) is 18.3 Å². The minimum atomic E-state index is 0.0216. The van der Waals surface area contributed by atoms with E-state index in [0.717, 1.165) is 61.4 Å². The molecule has 0 aliphatic carbocycles. The van der Waals surface area contributed by atoms with E-state index < -0.39 is 0 Å². The fraction of sp³-hybridized carbons (Fsp3) is 0.483. The van der Waals surface area contributed by atoms with Crippen molar-refractivity contribution in [2.24, 2.45) is 11.3 Å². The molecule has 6 heteroatoms. The summed E-state index contributed by atoms with van der Waals surface area (Å²) < 4.78 is 0. The van der Waals surface area contributed by atoms with Crippen LogP contribution in [-0.2, 0) is 6.42 Å². The molecule has 1 unspecified atom stereocenters. The number of carbonyl (C=O) groups excluding carboxylic acids is 1. The highest BCUT2D eigenvalue weighted by molar-refractivity contribution is 6.31. The van der Waals surface area contributed by atoms with E-state index in [2.05, 4.69) is 47.8 Å². The van der Waals surface area contributed by atoms with Crippen molar-refractivity contribution < 1.29 is 4.79 Å². The predicted molar refractivity (Wildman–Crippen MR) is 142 cm³/mol. The number of amides is 1. The highest BCUT2D eigenvalue weighted by Crippen LogP contribution is 2.39. The zero-order valence-corrected chi connectivity index (χ0v) is 21.8. The number of halogens is 1. The van der Waals surface area contributed by atoms with Crippen LogP contribution in [0.25, 0.3) is 11.0 Å². The summed E-state index contributed by atoms with van der Waals surface area (Å²) in [7, 11) is 0. The van der Waals surface area contributed by atoms with Gasteiger partial charge in [0.2, 0.25) is 0 Å². The molecule has 2 fully saturated rings.